The van der Waals surface area contributed by atoms with Crippen LogP contribution < -0.4 is 5.32 Å². The van der Waals surface area contributed by atoms with Gasteiger partial charge in [-0.25, -0.2) is 0 Å². The molecule has 0 saturated heterocycles. The molecule has 1 N–H and O–H groups in total. The van der Waals surface area contributed by atoms with E-state index in [-0.39, 0.29) is 10.8 Å². The Balaban J connectivity index is 1.96. The molecule has 0 bridgehead atoms. The predicted molar refractivity (Wildman–Crippen MR) is 94.3 cm³/mol. The van der Waals surface area contributed by atoms with Gasteiger partial charge in [0.05, 0.1) is 0 Å². The van der Waals surface area contributed by atoms with Crippen LogP contribution in [0.15, 0.2) is 29.8 Å². The van der Waals surface area contributed by atoms with E-state index < -0.39 is 0 Å². The second-order valence-corrected chi connectivity index (χ2v) is 9.31. The molecule has 1 aliphatic heterocycles. The van der Waals surface area contributed by atoms with Crippen molar-refractivity contribution in [3.63, 3.8) is 0 Å². The summed E-state index contributed by atoms with van der Waals surface area (Å²) < 4.78 is 0. The van der Waals surface area contributed by atoms with Crippen molar-refractivity contribution in [2.24, 2.45) is 16.2 Å². The number of fused-ring (bicyclic) bond motifs is 2. The van der Waals surface area contributed by atoms with Gasteiger partial charge in [-0.1, -0.05) is 64.0 Å². The van der Waals surface area contributed by atoms with Crippen molar-refractivity contribution in [3.05, 3.63) is 41.0 Å². The fourth-order valence-corrected chi connectivity index (χ4v) is 5.86. The Bertz CT molecular complexity index is 679. The van der Waals surface area contributed by atoms with Crippen molar-refractivity contribution in [1.82, 2.24) is 0 Å². The molecule has 22 heavy (non-hydrogen) atoms. The van der Waals surface area contributed by atoms with Gasteiger partial charge in [0.25, 0.3) is 0 Å². The summed E-state index contributed by atoms with van der Waals surface area (Å²) in [6, 6.07) is 7.49. The smallest absolute Gasteiger partial charge is 0.0443 e. The van der Waals surface area contributed by atoms with Crippen molar-refractivity contribution in [3.8, 4) is 0 Å². The van der Waals surface area contributed by atoms with Crippen molar-refractivity contribution in [1.29, 1.82) is 0 Å². The summed E-state index contributed by atoms with van der Waals surface area (Å²) in [4.78, 5) is 0. The van der Waals surface area contributed by atoms with Crippen LogP contribution in [0.2, 0.25) is 0 Å². The zero-order chi connectivity index (χ0) is 15.9. The maximum absolute atomic E-state index is 3.93. The highest BCUT2D eigenvalue weighted by Crippen LogP contribution is 2.68. The number of hydrogen-bond donors (Lipinski definition) is 1. The van der Waals surface area contributed by atoms with E-state index in [1.54, 1.807) is 11.1 Å². The summed E-state index contributed by atoms with van der Waals surface area (Å²) in [7, 11) is 0. The number of anilines is 1. The molecule has 1 aromatic rings. The van der Waals surface area contributed by atoms with E-state index in [1.165, 1.54) is 24.1 Å². The Morgan fingerprint density at radius 1 is 1.09 bits per heavy atom. The first kappa shape index (κ1) is 14.4. The Kier molecular flexibility index (Phi) is 2.60. The topological polar surface area (TPSA) is 12.0 Å². The number of aryl methyl sites for hydroxylation is 1. The molecule has 118 valence electrons. The fourth-order valence-electron chi connectivity index (χ4n) is 5.86. The zero-order valence-electron chi connectivity index (χ0n) is 14.9. The minimum absolute atomic E-state index is 0.215. The molecule has 0 amide bonds. The second-order valence-electron chi connectivity index (χ2n) is 9.31. The number of nitrogens with one attached hydrogen (secondary N) is 1. The third kappa shape index (κ3) is 1.60. The number of benzene rings is 1. The van der Waals surface area contributed by atoms with Gasteiger partial charge in [-0.3, -0.25) is 0 Å². The SMILES string of the molecule is Cc1ccc2c(c1)C1CCC(C)(C)C3=CC(C)(C)C(N2)C31C. The minimum atomic E-state index is 0.215. The van der Waals surface area contributed by atoms with Gasteiger partial charge >= 0.3 is 0 Å². The third-order valence-electron chi connectivity index (χ3n) is 6.83. The van der Waals surface area contributed by atoms with Crippen LogP contribution in [-0.2, 0) is 0 Å². The van der Waals surface area contributed by atoms with Crippen LogP contribution in [-0.4, -0.2) is 6.04 Å². The molecule has 1 fully saturated rings. The molecule has 1 aromatic carbocycles. The van der Waals surface area contributed by atoms with E-state index in [2.05, 4.69) is 71.1 Å². The normalized spacial score (nSPS) is 36.9. The molecule has 4 rings (SSSR count). The first-order valence-electron chi connectivity index (χ1n) is 8.77. The van der Waals surface area contributed by atoms with Gasteiger partial charge in [0.15, 0.2) is 0 Å². The second kappa shape index (κ2) is 3.99. The third-order valence-corrected chi connectivity index (χ3v) is 6.83. The van der Waals surface area contributed by atoms with Gasteiger partial charge in [-0.2, -0.15) is 0 Å². The van der Waals surface area contributed by atoms with Gasteiger partial charge in [0.2, 0.25) is 0 Å². The van der Waals surface area contributed by atoms with Gasteiger partial charge in [-0.15, -0.1) is 0 Å². The Morgan fingerprint density at radius 2 is 1.82 bits per heavy atom. The van der Waals surface area contributed by atoms with Crippen LogP contribution in [0.3, 0.4) is 0 Å². The highest BCUT2D eigenvalue weighted by molar-refractivity contribution is 5.63. The average Bonchev–Trinajstić information content (AvgIpc) is 2.63. The minimum Gasteiger partial charge on any atom is -0.380 e. The standard InChI is InChI=1S/C21H29N/c1-13-7-8-16-14(11-13)15-9-10-19(2,3)17-12-20(4,5)18(22-16)21(15,17)6/h7-8,11-12,15,18,22H,9-10H2,1-6H3. The lowest BCUT2D eigenvalue weighted by Gasteiger charge is -2.56. The maximum Gasteiger partial charge on any atom is 0.0443 e. The van der Waals surface area contributed by atoms with Crippen LogP contribution in [0.1, 0.15) is 64.5 Å². The molecule has 0 aromatic heterocycles. The molecule has 3 atom stereocenters. The van der Waals surface area contributed by atoms with E-state index in [4.69, 9.17) is 0 Å². The molecule has 3 unspecified atom stereocenters. The zero-order valence-corrected chi connectivity index (χ0v) is 14.9. The van der Waals surface area contributed by atoms with Gasteiger partial charge < -0.3 is 5.32 Å². The molecule has 0 spiro atoms. The molecule has 1 nitrogen and oxygen atoms in total. The van der Waals surface area contributed by atoms with E-state index >= 15 is 0 Å². The van der Waals surface area contributed by atoms with Crippen LogP contribution in [0.4, 0.5) is 5.69 Å². The molecule has 1 heterocycles. The predicted octanol–water partition coefficient (Wildman–Crippen LogP) is 5.67. The van der Waals surface area contributed by atoms with Crippen LogP contribution in [0.5, 0.6) is 0 Å². The Labute approximate surface area is 135 Å². The summed E-state index contributed by atoms with van der Waals surface area (Å²) in [6.07, 6.45) is 5.22. The molecule has 2 aliphatic carbocycles. The lowest BCUT2D eigenvalue weighted by Crippen LogP contribution is -2.53. The maximum atomic E-state index is 3.93. The summed E-state index contributed by atoms with van der Waals surface area (Å²) in [6.45, 7) is 14.5. The largest absolute Gasteiger partial charge is 0.380 e. The first-order chi connectivity index (χ1) is 10.2. The van der Waals surface area contributed by atoms with Gasteiger partial charge in [-0.05, 0) is 42.7 Å². The molecule has 0 radical (unpaired) electrons. The summed E-state index contributed by atoms with van der Waals surface area (Å²) in [5, 5.41) is 3.93. The lowest BCUT2D eigenvalue weighted by molar-refractivity contribution is 0.126. The molecular weight excluding hydrogens is 266 g/mol. The van der Waals surface area contributed by atoms with Crippen LogP contribution in [0.25, 0.3) is 0 Å². The molecule has 3 aliphatic rings. The van der Waals surface area contributed by atoms with E-state index in [9.17, 15) is 0 Å². The molecule has 1 saturated carbocycles. The van der Waals surface area contributed by atoms with E-state index in [0.29, 0.717) is 17.4 Å². The molecule has 1 heteroatoms. The van der Waals surface area contributed by atoms with Crippen molar-refractivity contribution < 1.29 is 0 Å². The Morgan fingerprint density at radius 3 is 2.55 bits per heavy atom. The monoisotopic (exact) mass is 295 g/mol. The van der Waals surface area contributed by atoms with Crippen molar-refractivity contribution in [2.75, 3.05) is 5.32 Å². The van der Waals surface area contributed by atoms with Crippen molar-refractivity contribution in [2.45, 2.75) is 66.3 Å². The summed E-state index contributed by atoms with van der Waals surface area (Å²) >= 11 is 0. The number of rotatable bonds is 0. The molecular formula is C21H29N. The average molecular weight is 295 g/mol. The van der Waals surface area contributed by atoms with Gasteiger partial charge in [0.1, 0.15) is 0 Å². The van der Waals surface area contributed by atoms with Crippen LogP contribution in [0, 0.1) is 23.2 Å². The lowest BCUT2D eigenvalue weighted by atomic mass is 9.52. The Hall–Kier alpha value is -1.24. The van der Waals surface area contributed by atoms with E-state index in [1.807, 2.05) is 0 Å². The summed E-state index contributed by atoms with van der Waals surface area (Å²) in [5.74, 6) is 0.662. The number of hydrogen-bond acceptors (Lipinski definition) is 1. The van der Waals surface area contributed by atoms with Crippen molar-refractivity contribution >= 4 is 5.69 Å². The first-order valence-corrected chi connectivity index (χ1v) is 8.77. The highest BCUT2D eigenvalue weighted by atomic mass is 15.0. The fraction of sp³-hybridized carbons (Fsp3) is 0.619. The quantitative estimate of drug-likeness (QED) is 0.608. The van der Waals surface area contributed by atoms with E-state index in [0.717, 1.165) is 0 Å². The summed E-state index contributed by atoms with van der Waals surface area (Å²) in [5.41, 5.74) is 6.82. The van der Waals surface area contributed by atoms with Crippen LogP contribution >= 0.6 is 0 Å². The van der Waals surface area contributed by atoms with Gasteiger partial charge in [0, 0.05) is 22.6 Å². The highest BCUT2D eigenvalue weighted by Gasteiger charge is 2.61.